The molecule has 5 nitrogen and oxygen atoms in total. The molecule has 0 aliphatic heterocycles. The van der Waals surface area contributed by atoms with Crippen molar-refractivity contribution in [3.8, 4) is 11.5 Å². The Bertz CT molecular complexity index is 785. The van der Waals surface area contributed by atoms with E-state index in [1.807, 2.05) is 51.1 Å². The van der Waals surface area contributed by atoms with Crippen LogP contribution in [0.1, 0.15) is 35.6 Å². The first kappa shape index (κ1) is 19.5. The molecule has 1 N–H and O–H groups in total. The standard InChI is InChI=1S/C21H26N2O3/c1-5-10-26-19-9-7-17(12-20(19)25-4)14-22-23-21(24)13-18-8-6-15(2)11-16(18)3/h6-9,11-12,14H,5,10,13H2,1-4H3,(H,23,24)/b22-14-. The molecule has 2 aromatic carbocycles. The summed E-state index contributed by atoms with van der Waals surface area (Å²) < 4.78 is 11.0. The van der Waals surface area contributed by atoms with Crippen molar-refractivity contribution >= 4 is 12.1 Å². The molecule has 0 spiro atoms. The number of methoxy groups -OCH3 is 1. The number of nitrogens with one attached hydrogen (secondary N) is 1. The second kappa shape index (κ2) is 9.61. The van der Waals surface area contributed by atoms with E-state index in [1.54, 1.807) is 13.3 Å². The number of carbonyl (C=O) groups excluding carboxylic acids is 1. The highest BCUT2D eigenvalue weighted by molar-refractivity contribution is 5.84. The van der Waals surface area contributed by atoms with E-state index in [-0.39, 0.29) is 5.91 Å². The smallest absolute Gasteiger partial charge is 0.244 e. The minimum absolute atomic E-state index is 0.150. The first-order valence-corrected chi connectivity index (χ1v) is 8.72. The summed E-state index contributed by atoms with van der Waals surface area (Å²) in [6, 6.07) is 11.6. The van der Waals surface area contributed by atoms with E-state index in [1.165, 1.54) is 5.56 Å². The maximum absolute atomic E-state index is 12.1. The van der Waals surface area contributed by atoms with Gasteiger partial charge in [0.15, 0.2) is 11.5 Å². The highest BCUT2D eigenvalue weighted by atomic mass is 16.5. The topological polar surface area (TPSA) is 59.9 Å². The molecule has 0 saturated heterocycles. The number of ether oxygens (including phenoxy) is 2. The van der Waals surface area contributed by atoms with Gasteiger partial charge in [0.05, 0.1) is 26.4 Å². The summed E-state index contributed by atoms with van der Waals surface area (Å²) in [7, 11) is 1.60. The molecule has 0 aliphatic rings. The van der Waals surface area contributed by atoms with E-state index in [9.17, 15) is 4.79 Å². The SMILES string of the molecule is CCCOc1ccc(/C=N\NC(=O)Cc2ccc(C)cc2C)cc1OC. The van der Waals surface area contributed by atoms with E-state index >= 15 is 0 Å². The molecule has 0 radical (unpaired) electrons. The van der Waals surface area contributed by atoms with Gasteiger partial charge in [-0.2, -0.15) is 5.10 Å². The van der Waals surface area contributed by atoms with Crippen LogP contribution in [0.4, 0.5) is 0 Å². The highest BCUT2D eigenvalue weighted by Crippen LogP contribution is 2.27. The Hall–Kier alpha value is -2.82. The zero-order chi connectivity index (χ0) is 18.9. The van der Waals surface area contributed by atoms with E-state index in [2.05, 4.69) is 16.6 Å². The van der Waals surface area contributed by atoms with Crippen molar-refractivity contribution in [2.45, 2.75) is 33.6 Å². The Morgan fingerprint density at radius 2 is 1.96 bits per heavy atom. The molecular weight excluding hydrogens is 328 g/mol. The second-order valence-electron chi connectivity index (χ2n) is 6.16. The quantitative estimate of drug-likeness (QED) is 0.579. The fourth-order valence-electron chi connectivity index (χ4n) is 2.53. The zero-order valence-electron chi connectivity index (χ0n) is 15.8. The molecule has 0 heterocycles. The third-order valence-electron chi connectivity index (χ3n) is 3.90. The van der Waals surface area contributed by atoms with Gasteiger partial charge in [-0.15, -0.1) is 0 Å². The molecule has 0 atom stereocenters. The second-order valence-corrected chi connectivity index (χ2v) is 6.16. The van der Waals surface area contributed by atoms with Crippen molar-refractivity contribution in [2.24, 2.45) is 5.10 Å². The van der Waals surface area contributed by atoms with E-state index < -0.39 is 0 Å². The maximum atomic E-state index is 12.1. The number of hydrazone groups is 1. The van der Waals surface area contributed by atoms with Gasteiger partial charge in [0.25, 0.3) is 0 Å². The number of hydrogen-bond donors (Lipinski definition) is 1. The van der Waals surface area contributed by atoms with Crippen molar-refractivity contribution in [1.82, 2.24) is 5.43 Å². The number of carbonyl (C=O) groups is 1. The summed E-state index contributed by atoms with van der Waals surface area (Å²) in [4.78, 5) is 12.1. The Balaban J connectivity index is 1.95. The summed E-state index contributed by atoms with van der Waals surface area (Å²) in [6.07, 6.45) is 2.82. The molecule has 0 unspecified atom stereocenters. The van der Waals surface area contributed by atoms with Gasteiger partial charge in [0.1, 0.15) is 0 Å². The van der Waals surface area contributed by atoms with Gasteiger partial charge < -0.3 is 9.47 Å². The predicted molar refractivity (Wildman–Crippen MR) is 104 cm³/mol. The average molecular weight is 354 g/mol. The fourth-order valence-corrected chi connectivity index (χ4v) is 2.53. The summed E-state index contributed by atoms with van der Waals surface area (Å²) in [5, 5.41) is 4.03. The summed E-state index contributed by atoms with van der Waals surface area (Å²) in [6.45, 7) is 6.73. The van der Waals surface area contributed by atoms with Crippen LogP contribution in [0.3, 0.4) is 0 Å². The van der Waals surface area contributed by atoms with Gasteiger partial charge in [-0.3, -0.25) is 4.79 Å². The van der Waals surface area contributed by atoms with Gasteiger partial charge in [0.2, 0.25) is 5.91 Å². The number of benzene rings is 2. The monoisotopic (exact) mass is 354 g/mol. The van der Waals surface area contributed by atoms with E-state index in [0.29, 0.717) is 24.5 Å². The summed E-state index contributed by atoms with van der Waals surface area (Å²) in [5.74, 6) is 1.19. The molecule has 0 bridgehead atoms. The lowest BCUT2D eigenvalue weighted by molar-refractivity contribution is -0.120. The lowest BCUT2D eigenvalue weighted by atomic mass is 10.0. The average Bonchev–Trinajstić information content (AvgIpc) is 2.62. The molecule has 0 aromatic heterocycles. The van der Waals surface area contributed by atoms with Crippen LogP contribution >= 0.6 is 0 Å². The number of nitrogens with zero attached hydrogens (tertiary/aromatic N) is 1. The van der Waals surface area contributed by atoms with Crippen molar-refractivity contribution < 1.29 is 14.3 Å². The first-order chi connectivity index (χ1) is 12.5. The molecule has 138 valence electrons. The van der Waals surface area contributed by atoms with Gasteiger partial charge in [-0.1, -0.05) is 30.7 Å². The van der Waals surface area contributed by atoms with Crippen LogP contribution in [0.25, 0.3) is 0 Å². The third kappa shape index (κ3) is 5.62. The lowest BCUT2D eigenvalue weighted by Crippen LogP contribution is -2.20. The molecule has 0 aliphatic carbocycles. The van der Waals surface area contributed by atoms with Crippen LogP contribution < -0.4 is 14.9 Å². The van der Waals surface area contributed by atoms with E-state index in [0.717, 1.165) is 23.1 Å². The predicted octanol–water partition coefficient (Wildman–Crippen LogP) is 3.79. The normalized spacial score (nSPS) is 10.8. The van der Waals surface area contributed by atoms with Gasteiger partial charge in [0, 0.05) is 0 Å². The number of amides is 1. The fraction of sp³-hybridized carbons (Fsp3) is 0.333. The number of aryl methyl sites for hydroxylation is 2. The van der Waals surface area contributed by atoms with Crippen LogP contribution in [0.15, 0.2) is 41.5 Å². The molecule has 5 heteroatoms. The van der Waals surface area contributed by atoms with Crippen LogP contribution in [0, 0.1) is 13.8 Å². The van der Waals surface area contributed by atoms with Crippen LogP contribution in [0.5, 0.6) is 11.5 Å². The number of rotatable bonds is 8. The first-order valence-electron chi connectivity index (χ1n) is 8.72. The molecule has 26 heavy (non-hydrogen) atoms. The molecule has 0 saturated carbocycles. The summed E-state index contributed by atoms with van der Waals surface area (Å²) >= 11 is 0. The van der Waals surface area contributed by atoms with Gasteiger partial charge >= 0.3 is 0 Å². The lowest BCUT2D eigenvalue weighted by Gasteiger charge is -2.10. The van der Waals surface area contributed by atoms with Gasteiger partial charge in [-0.25, -0.2) is 5.43 Å². The molecule has 2 aromatic rings. The Morgan fingerprint density at radius 3 is 2.65 bits per heavy atom. The summed E-state index contributed by atoms with van der Waals surface area (Å²) in [5.41, 5.74) is 6.68. The Morgan fingerprint density at radius 1 is 1.15 bits per heavy atom. The van der Waals surface area contributed by atoms with Crippen LogP contribution in [-0.4, -0.2) is 25.8 Å². The zero-order valence-corrected chi connectivity index (χ0v) is 15.8. The minimum Gasteiger partial charge on any atom is -0.493 e. The molecule has 2 rings (SSSR count). The molecular formula is C21H26N2O3. The van der Waals surface area contributed by atoms with Crippen molar-refractivity contribution in [1.29, 1.82) is 0 Å². The molecule has 0 fully saturated rings. The number of hydrogen-bond acceptors (Lipinski definition) is 4. The van der Waals surface area contributed by atoms with Crippen molar-refractivity contribution in [2.75, 3.05) is 13.7 Å². The third-order valence-corrected chi connectivity index (χ3v) is 3.90. The largest absolute Gasteiger partial charge is 0.493 e. The Labute approximate surface area is 155 Å². The van der Waals surface area contributed by atoms with Gasteiger partial charge in [-0.05, 0) is 55.2 Å². The van der Waals surface area contributed by atoms with E-state index in [4.69, 9.17) is 9.47 Å². The van der Waals surface area contributed by atoms with Crippen molar-refractivity contribution in [3.63, 3.8) is 0 Å². The molecule has 1 amide bonds. The van der Waals surface area contributed by atoms with Crippen LogP contribution in [0.2, 0.25) is 0 Å². The minimum atomic E-state index is -0.150. The highest BCUT2D eigenvalue weighted by Gasteiger charge is 2.06. The van der Waals surface area contributed by atoms with Crippen LogP contribution in [-0.2, 0) is 11.2 Å². The maximum Gasteiger partial charge on any atom is 0.244 e. The Kier molecular flexibility index (Phi) is 7.21. The van der Waals surface area contributed by atoms with Crippen molar-refractivity contribution in [3.05, 3.63) is 58.7 Å².